The Balaban J connectivity index is 1.35. The van der Waals surface area contributed by atoms with Gasteiger partial charge in [0.1, 0.15) is 6.61 Å². The zero-order chi connectivity index (χ0) is 18.8. The van der Waals surface area contributed by atoms with Crippen LogP contribution in [0.25, 0.3) is 0 Å². The van der Waals surface area contributed by atoms with E-state index in [1.165, 1.54) is 12.4 Å². The lowest BCUT2D eigenvalue weighted by Crippen LogP contribution is -2.49. The zero-order valence-electron chi connectivity index (χ0n) is 14.4. The van der Waals surface area contributed by atoms with Gasteiger partial charge in [-0.2, -0.15) is 0 Å². The summed E-state index contributed by atoms with van der Waals surface area (Å²) in [7, 11) is 0. The second-order valence-electron chi connectivity index (χ2n) is 6.48. The summed E-state index contributed by atoms with van der Waals surface area (Å²) in [4.78, 5) is 39.9. The second-order valence-corrected chi connectivity index (χ2v) is 6.48. The van der Waals surface area contributed by atoms with Crippen molar-refractivity contribution in [2.75, 3.05) is 18.0 Å². The minimum Gasteiger partial charge on any atom is -0.444 e. The lowest BCUT2D eigenvalue weighted by Gasteiger charge is -2.33. The number of ether oxygens (including phenoxy) is 1. The summed E-state index contributed by atoms with van der Waals surface area (Å²) in [5, 5.41) is 8.63. The molecule has 2 amide bonds. The van der Waals surface area contributed by atoms with Gasteiger partial charge < -0.3 is 14.5 Å². The maximum Gasteiger partial charge on any atom is 0.410 e. The molecule has 27 heavy (non-hydrogen) atoms. The summed E-state index contributed by atoms with van der Waals surface area (Å²) in [5.74, 6) is -0.160. The van der Waals surface area contributed by atoms with E-state index in [0.717, 1.165) is 12.0 Å². The number of pyridine rings is 1. The summed E-state index contributed by atoms with van der Waals surface area (Å²) >= 11 is 0. The monoisotopic (exact) mass is 370 g/mol. The number of fused-ring (bicyclic) bond motifs is 2. The molecule has 2 atom stereocenters. The summed E-state index contributed by atoms with van der Waals surface area (Å²) in [6, 6.07) is 3.81. The van der Waals surface area contributed by atoms with E-state index in [-0.39, 0.29) is 30.3 Å². The molecule has 2 N–H and O–H groups in total. The number of nitrogens with zero attached hydrogens (tertiary/aromatic N) is 5. The number of hydrogen-bond acceptors (Lipinski definition) is 8. The van der Waals surface area contributed by atoms with Gasteiger partial charge in [0, 0.05) is 43.4 Å². The van der Waals surface area contributed by atoms with Crippen molar-refractivity contribution < 1.29 is 19.5 Å². The first-order valence-corrected chi connectivity index (χ1v) is 8.51. The van der Waals surface area contributed by atoms with Crippen molar-refractivity contribution in [1.82, 2.24) is 25.3 Å². The van der Waals surface area contributed by atoms with Crippen LogP contribution in [0.4, 0.5) is 10.7 Å². The van der Waals surface area contributed by atoms with E-state index in [1.54, 1.807) is 28.8 Å². The number of carbonyl (C=O) groups excluding carboxylic acids is 2. The first-order chi connectivity index (χ1) is 13.2. The molecule has 2 aromatic rings. The maximum atomic E-state index is 12.4. The number of carbonyl (C=O) groups is 2. The number of rotatable bonds is 4. The molecule has 0 radical (unpaired) electrons. The third-order valence-corrected chi connectivity index (χ3v) is 4.82. The average Bonchev–Trinajstić information content (AvgIpc) is 3.33. The Morgan fingerprint density at radius 1 is 1.22 bits per heavy atom. The number of anilines is 1. The predicted molar refractivity (Wildman–Crippen MR) is 92.0 cm³/mol. The molecule has 2 bridgehead atoms. The Kier molecular flexibility index (Phi) is 4.55. The number of hydroxylamine groups is 1. The van der Waals surface area contributed by atoms with Gasteiger partial charge in [0.25, 0.3) is 5.91 Å². The highest BCUT2D eigenvalue weighted by Gasteiger charge is 2.46. The molecule has 4 rings (SSSR count). The minimum absolute atomic E-state index is 0.0421. The van der Waals surface area contributed by atoms with Crippen LogP contribution in [-0.2, 0) is 11.3 Å². The Hall–Kier alpha value is -3.27. The quantitative estimate of drug-likeness (QED) is 0.593. The Bertz CT molecular complexity index is 831. The Labute approximate surface area is 154 Å². The van der Waals surface area contributed by atoms with Crippen molar-refractivity contribution >= 4 is 17.9 Å². The predicted octanol–water partition coefficient (Wildman–Crippen LogP) is 0.590. The van der Waals surface area contributed by atoms with Crippen molar-refractivity contribution in [3.8, 4) is 0 Å². The molecule has 2 aliphatic rings. The molecule has 0 spiro atoms. The van der Waals surface area contributed by atoms with Gasteiger partial charge in [0.2, 0.25) is 5.95 Å². The van der Waals surface area contributed by atoms with Gasteiger partial charge in [0.05, 0.1) is 17.6 Å². The molecule has 0 unspecified atom stereocenters. The molecular formula is C17H18N6O4. The molecule has 10 nitrogen and oxygen atoms in total. The molecule has 2 aromatic heterocycles. The standard InChI is InChI=1S/C17H18N6O4/c24-15(21-26)12-6-19-16(20-7-12)22-8-14-4-13(22)9-23(14)17(25)27-10-11-2-1-3-18-5-11/h1-3,5-7,13-14,26H,4,8-10H2,(H,21,24)/t13-,14-/m0/s1. The average molecular weight is 370 g/mol. The van der Waals surface area contributed by atoms with E-state index in [9.17, 15) is 9.59 Å². The maximum absolute atomic E-state index is 12.4. The first kappa shape index (κ1) is 17.2. The zero-order valence-corrected chi connectivity index (χ0v) is 14.4. The minimum atomic E-state index is -0.660. The second kappa shape index (κ2) is 7.16. The molecule has 10 heteroatoms. The van der Waals surface area contributed by atoms with Gasteiger partial charge in [-0.15, -0.1) is 0 Å². The van der Waals surface area contributed by atoms with Crippen LogP contribution in [0, 0.1) is 0 Å². The summed E-state index contributed by atoms with van der Waals surface area (Å²) in [6.07, 6.45) is 6.55. The summed E-state index contributed by atoms with van der Waals surface area (Å²) in [5.41, 5.74) is 2.56. The van der Waals surface area contributed by atoms with Crippen LogP contribution in [0.15, 0.2) is 36.9 Å². The number of nitrogens with one attached hydrogen (secondary N) is 1. The number of hydrogen-bond donors (Lipinski definition) is 2. The van der Waals surface area contributed by atoms with Gasteiger partial charge in [-0.3, -0.25) is 15.0 Å². The molecule has 2 aliphatic heterocycles. The van der Waals surface area contributed by atoms with Gasteiger partial charge in [-0.25, -0.2) is 20.2 Å². The van der Waals surface area contributed by atoms with Crippen molar-refractivity contribution in [3.63, 3.8) is 0 Å². The highest BCUT2D eigenvalue weighted by molar-refractivity contribution is 5.92. The lowest BCUT2D eigenvalue weighted by molar-refractivity contribution is 0.0705. The van der Waals surface area contributed by atoms with E-state index in [1.807, 2.05) is 11.0 Å². The molecule has 0 aliphatic carbocycles. The fourth-order valence-electron chi connectivity index (χ4n) is 3.50. The van der Waals surface area contributed by atoms with Crippen LogP contribution in [-0.4, -0.2) is 62.2 Å². The lowest BCUT2D eigenvalue weighted by atomic mass is 10.2. The van der Waals surface area contributed by atoms with Gasteiger partial charge >= 0.3 is 6.09 Å². The highest BCUT2D eigenvalue weighted by atomic mass is 16.6. The SMILES string of the molecule is O=C(NO)c1cnc(N2C[C@@H]3C[C@H]2CN3C(=O)OCc2cccnc2)nc1. The van der Waals surface area contributed by atoms with Crippen molar-refractivity contribution in [1.29, 1.82) is 0 Å². The molecule has 0 aromatic carbocycles. The molecule has 2 fully saturated rings. The molecular weight excluding hydrogens is 352 g/mol. The summed E-state index contributed by atoms with van der Waals surface area (Å²) < 4.78 is 5.39. The largest absolute Gasteiger partial charge is 0.444 e. The number of aromatic nitrogens is 3. The van der Waals surface area contributed by atoms with E-state index in [4.69, 9.17) is 9.94 Å². The third-order valence-electron chi connectivity index (χ3n) is 4.82. The van der Waals surface area contributed by atoms with Crippen LogP contribution < -0.4 is 10.4 Å². The Morgan fingerprint density at radius 2 is 2.04 bits per heavy atom. The molecule has 2 saturated heterocycles. The summed E-state index contributed by atoms with van der Waals surface area (Å²) in [6.45, 7) is 1.35. The van der Waals surface area contributed by atoms with Gasteiger partial charge in [-0.05, 0) is 12.5 Å². The fraction of sp³-hybridized carbons (Fsp3) is 0.353. The fourth-order valence-corrected chi connectivity index (χ4v) is 3.50. The van der Waals surface area contributed by atoms with Crippen molar-refractivity contribution in [2.24, 2.45) is 0 Å². The van der Waals surface area contributed by atoms with Crippen molar-refractivity contribution in [2.45, 2.75) is 25.1 Å². The van der Waals surface area contributed by atoms with Gasteiger partial charge in [-0.1, -0.05) is 6.07 Å². The smallest absolute Gasteiger partial charge is 0.410 e. The normalized spacial score (nSPS) is 20.6. The van der Waals surface area contributed by atoms with E-state index in [0.29, 0.717) is 19.0 Å². The van der Waals surface area contributed by atoms with Crippen LogP contribution in [0.5, 0.6) is 0 Å². The van der Waals surface area contributed by atoms with Crippen LogP contribution in [0.1, 0.15) is 22.3 Å². The van der Waals surface area contributed by atoms with Gasteiger partial charge in [0.15, 0.2) is 0 Å². The van der Waals surface area contributed by atoms with Crippen LogP contribution in [0.2, 0.25) is 0 Å². The van der Waals surface area contributed by atoms with E-state index < -0.39 is 5.91 Å². The van der Waals surface area contributed by atoms with E-state index in [2.05, 4.69) is 15.0 Å². The highest BCUT2D eigenvalue weighted by Crippen LogP contribution is 2.33. The van der Waals surface area contributed by atoms with Crippen LogP contribution >= 0.6 is 0 Å². The number of piperazine rings is 1. The number of likely N-dealkylation sites (tertiary alicyclic amines) is 1. The third kappa shape index (κ3) is 3.38. The molecule has 4 heterocycles. The van der Waals surface area contributed by atoms with Crippen LogP contribution in [0.3, 0.4) is 0 Å². The first-order valence-electron chi connectivity index (χ1n) is 8.51. The van der Waals surface area contributed by atoms with Crippen molar-refractivity contribution in [3.05, 3.63) is 48.0 Å². The topological polar surface area (TPSA) is 121 Å². The van der Waals surface area contributed by atoms with E-state index >= 15 is 0 Å². The Morgan fingerprint density at radius 3 is 2.67 bits per heavy atom. The number of amides is 2. The molecule has 140 valence electrons. The molecule has 0 saturated carbocycles.